The van der Waals surface area contributed by atoms with E-state index in [0.717, 1.165) is 24.7 Å². The highest BCUT2D eigenvalue weighted by Crippen LogP contribution is 2.78. The lowest BCUT2D eigenvalue weighted by Gasteiger charge is -2.73. The lowest BCUT2D eigenvalue weighted by molar-refractivity contribution is -0.250. The fourth-order valence-corrected chi connectivity index (χ4v) is 12.2. The Morgan fingerprint density at radius 2 is 1.34 bits per heavy atom. The van der Waals surface area contributed by atoms with Crippen LogP contribution in [0, 0.1) is 56.7 Å². The van der Waals surface area contributed by atoms with Gasteiger partial charge in [0, 0.05) is 12.0 Å². The van der Waals surface area contributed by atoms with Crippen LogP contribution in [0.15, 0.2) is 0 Å². The van der Waals surface area contributed by atoms with E-state index in [2.05, 4.69) is 34.6 Å². The van der Waals surface area contributed by atoms with Crippen molar-refractivity contribution >= 4 is 0 Å². The number of hydrogen-bond donors (Lipinski definition) is 2. The minimum absolute atomic E-state index is 0.0369. The second-order valence-electron chi connectivity index (χ2n) is 15.3. The van der Waals surface area contributed by atoms with Gasteiger partial charge >= 0.3 is 0 Å². The maximum Gasteiger partial charge on any atom is 0.0622 e. The summed E-state index contributed by atoms with van der Waals surface area (Å²) in [4.78, 5) is 0. The summed E-state index contributed by atoms with van der Waals surface area (Å²) in [6, 6.07) is 0. The van der Waals surface area contributed by atoms with Crippen LogP contribution in [0.5, 0.6) is 0 Å². The SMILES string of the molecule is CC(C)(O)[C@H]1CC[C@]2(CO)[C@H]3CC[C@@H]4[C@@]5(C)CCCC(C)(C)[C@@H]5CC[C@@]4(C)[C@]3(C)CC[C@@H]12. The van der Waals surface area contributed by atoms with E-state index in [0.29, 0.717) is 46.0 Å². The topological polar surface area (TPSA) is 40.5 Å². The van der Waals surface area contributed by atoms with E-state index in [1.54, 1.807) is 0 Å². The molecule has 2 nitrogen and oxygen atoms in total. The summed E-state index contributed by atoms with van der Waals surface area (Å²) in [5, 5.41) is 22.0. The van der Waals surface area contributed by atoms with Gasteiger partial charge in [0.15, 0.2) is 0 Å². The van der Waals surface area contributed by atoms with Gasteiger partial charge in [0.2, 0.25) is 0 Å². The van der Waals surface area contributed by atoms with Crippen LogP contribution in [0.25, 0.3) is 0 Å². The summed E-state index contributed by atoms with van der Waals surface area (Å²) in [7, 11) is 0. The van der Waals surface area contributed by atoms with Crippen LogP contribution in [0.3, 0.4) is 0 Å². The molecule has 0 unspecified atom stereocenters. The Morgan fingerprint density at radius 1 is 0.719 bits per heavy atom. The molecule has 184 valence electrons. The molecule has 0 aromatic carbocycles. The Kier molecular flexibility index (Phi) is 5.17. The first kappa shape index (κ1) is 23.7. The van der Waals surface area contributed by atoms with E-state index in [4.69, 9.17) is 0 Å². The zero-order valence-corrected chi connectivity index (χ0v) is 22.3. The van der Waals surface area contributed by atoms with Gasteiger partial charge in [0.25, 0.3) is 0 Å². The van der Waals surface area contributed by atoms with Crippen molar-refractivity contribution in [2.45, 2.75) is 125 Å². The van der Waals surface area contributed by atoms with Crippen LogP contribution in [-0.4, -0.2) is 22.4 Å². The Balaban J connectivity index is 1.54. The average Bonchev–Trinajstić information content (AvgIpc) is 3.08. The zero-order valence-electron chi connectivity index (χ0n) is 22.3. The second kappa shape index (κ2) is 6.99. The Hall–Kier alpha value is -0.0800. The average molecular weight is 445 g/mol. The van der Waals surface area contributed by atoms with Crippen molar-refractivity contribution in [3.8, 4) is 0 Å². The van der Waals surface area contributed by atoms with Crippen molar-refractivity contribution < 1.29 is 10.2 Å². The maximum absolute atomic E-state index is 11.0. The van der Waals surface area contributed by atoms with Gasteiger partial charge < -0.3 is 10.2 Å². The molecule has 9 atom stereocenters. The van der Waals surface area contributed by atoms with E-state index >= 15 is 0 Å². The van der Waals surface area contributed by atoms with Crippen LogP contribution < -0.4 is 0 Å². The predicted molar refractivity (Wildman–Crippen MR) is 132 cm³/mol. The van der Waals surface area contributed by atoms with Gasteiger partial charge in [0.05, 0.1) is 5.60 Å². The Labute approximate surface area is 198 Å². The first-order valence-corrected chi connectivity index (χ1v) is 14.1. The van der Waals surface area contributed by atoms with Crippen LogP contribution in [-0.2, 0) is 0 Å². The van der Waals surface area contributed by atoms with Crippen molar-refractivity contribution in [1.29, 1.82) is 0 Å². The molecule has 2 N–H and O–H groups in total. The number of fused-ring (bicyclic) bond motifs is 7. The van der Waals surface area contributed by atoms with Gasteiger partial charge in [-0.2, -0.15) is 0 Å². The third kappa shape index (κ3) is 2.78. The summed E-state index contributed by atoms with van der Waals surface area (Å²) in [6.07, 6.45) is 14.4. The molecule has 0 saturated heterocycles. The normalized spacial score (nSPS) is 54.8. The van der Waals surface area contributed by atoms with Crippen molar-refractivity contribution in [2.75, 3.05) is 6.61 Å². The van der Waals surface area contributed by atoms with Gasteiger partial charge in [-0.1, -0.05) is 41.0 Å². The minimum atomic E-state index is -0.629. The fourth-order valence-electron chi connectivity index (χ4n) is 12.2. The molecular formula is C30H52O2. The summed E-state index contributed by atoms with van der Waals surface area (Å²) >= 11 is 0. The summed E-state index contributed by atoms with van der Waals surface area (Å²) in [5.41, 5.74) is 1.08. The molecule has 0 heterocycles. The van der Waals surface area contributed by atoms with Crippen LogP contribution >= 0.6 is 0 Å². The molecule has 0 radical (unpaired) electrons. The Morgan fingerprint density at radius 3 is 2.00 bits per heavy atom. The van der Waals surface area contributed by atoms with Crippen LogP contribution in [0.4, 0.5) is 0 Å². The maximum atomic E-state index is 11.0. The van der Waals surface area contributed by atoms with E-state index in [1.165, 1.54) is 57.8 Å². The number of hydrogen-bond acceptors (Lipinski definition) is 2. The van der Waals surface area contributed by atoms with E-state index in [1.807, 2.05) is 13.8 Å². The molecule has 2 heteroatoms. The summed E-state index contributed by atoms with van der Waals surface area (Å²) < 4.78 is 0. The van der Waals surface area contributed by atoms with Crippen LogP contribution in [0.1, 0.15) is 119 Å². The molecule has 5 aliphatic carbocycles. The molecule has 0 bridgehead atoms. The lowest BCUT2D eigenvalue weighted by Crippen LogP contribution is -2.66. The summed E-state index contributed by atoms with van der Waals surface area (Å²) in [5.74, 6) is 3.15. The van der Waals surface area contributed by atoms with Gasteiger partial charge in [0.1, 0.15) is 0 Å². The highest BCUT2D eigenvalue weighted by molar-refractivity contribution is 5.20. The molecule has 0 spiro atoms. The molecule has 5 aliphatic rings. The smallest absolute Gasteiger partial charge is 0.0622 e. The Bertz CT molecular complexity index is 750. The van der Waals surface area contributed by atoms with Crippen molar-refractivity contribution in [2.24, 2.45) is 56.7 Å². The second-order valence-corrected chi connectivity index (χ2v) is 15.3. The number of aliphatic hydroxyl groups excluding tert-OH is 1. The van der Waals surface area contributed by atoms with E-state index in [9.17, 15) is 10.2 Å². The van der Waals surface area contributed by atoms with E-state index < -0.39 is 5.60 Å². The molecular weight excluding hydrogens is 392 g/mol. The van der Waals surface area contributed by atoms with Crippen molar-refractivity contribution in [3.05, 3.63) is 0 Å². The molecule has 0 aromatic rings. The first-order valence-electron chi connectivity index (χ1n) is 14.1. The third-order valence-electron chi connectivity index (χ3n) is 13.6. The highest BCUT2D eigenvalue weighted by atomic mass is 16.3. The van der Waals surface area contributed by atoms with Crippen LogP contribution in [0.2, 0.25) is 0 Å². The zero-order chi connectivity index (χ0) is 23.4. The molecule has 5 fully saturated rings. The minimum Gasteiger partial charge on any atom is -0.396 e. The summed E-state index contributed by atoms with van der Waals surface area (Å²) in [6.45, 7) is 17.5. The molecule has 5 saturated carbocycles. The number of rotatable bonds is 2. The van der Waals surface area contributed by atoms with Gasteiger partial charge in [-0.25, -0.2) is 0 Å². The quantitative estimate of drug-likeness (QED) is 0.472. The molecule has 5 rings (SSSR count). The number of aliphatic hydroxyl groups is 2. The van der Waals surface area contributed by atoms with Gasteiger partial charge in [-0.05, 0) is 129 Å². The highest BCUT2D eigenvalue weighted by Gasteiger charge is 2.71. The molecule has 0 aromatic heterocycles. The van der Waals surface area contributed by atoms with Crippen molar-refractivity contribution in [1.82, 2.24) is 0 Å². The monoisotopic (exact) mass is 444 g/mol. The van der Waals surface area contributed by atoms with Gasteiger partial charge in [-0.15, -0.1) is 0 Å². The molecule has 32 heavy (non-hydrogen) atoms. The van der Waals surface area contributed by atoms with Crippen molar-refractivity contribution in [3.63, 3.8) is 0 Å². The van der Waals surface area contributed by atoms with E-state index in [-0.39, 0.29) is 5.41 Å². The largest absolute Gasteiger partial charge is 0.396 e. The first-order chi connectivity index (χ1) is 14.8. The lowest BCUT2D eigenvalue weighted by atomic mass is 9.32. The third-order valence-corrected chi connectivity index (χ3v) is 13.6. The fraction of sp³-hybridized carbons (Fsp3) is 1.00. The van der Waals surface area contributed by atoms with Gasteiger partial charge in [-0.3, -0.25) is 0 Å². The standard InChI is InChI=1S/C30H52O2/c1-25(2)14-8-15-27(5)22(25)13-17-28(6)23(27)9-10-24-29(28,7)16-11-21-20(26(3,4)32)12-18-30(21,24)19-31/h20-24,31-32H,8-19H2,1-7H3/t20-,21-,22-,23+,24-,27-,28+,29+,30+/m0/s1. The molecule has 0 aliphatic heterocycles. The predicted octanol–water partition coefficient (Wildman–Crippen LogP) is 7.22. The molecule has 0 amide bonds.